The number of hydrogen-bond acceptors (Lipinski definition) is 9. The van der Waals surface area contributed by atoms with E-state index in [1.807, 2.05) is 0 Å². The molecule has 1 heterocycles. The Morgan fingerprint density at radius 1 is 1.17 bits per heavy atom. The maximum absolute atomic E-state index is 12.8. The van der Waals surface area contributed by atoms with Crippen LogP contribution in [0.15, 0.2) is 40.5 Å². The summed E-state index contributed by atoms with van der Waals surface area (Å²) >= 11 is 0. The molecule has 1 aromatic rings. The number of carbonyl (C=O) groups is 3. The highest BCUT2D eigenvalue weighted by molar-refractivity contribution is 6.07. The van der Waals surface area contributed by atoms with Crippen LogP contribution in [-0.2, 0) is 28.6 Å². The first-order valence-electron chi connectivity index (χ1n) is 9.06. The molecular formula is C20H22N2O8. The van der Waals surface area contributed by atoms with Gasteiger partial charge in [0, 0.05) is 36.4 Å². The Morgan fingerprint density at radius 3 is 2.43 bits per heavy atom. The molecule has 0 saturated carbocycles. The number of benzene rings is 1. The van der Waals surface area contributed by atoms with E-state index in [0.717, 1.165) is 0 Å². The third-order valence-corrected chi connectivity index (χ3v) is 4.57. The molecule has 0 aliphatic carbocycles. The molecule has 0 aromatic heterocycles. The summed E-state index contributed by atoms with van der Waals surface area (Å²) in [5.74, 6) is -3.76. The smallest absolute Gasteiger partial charge is 0.336 e. The number of esters is 3. The molecule has 0 N–H and O–H groups in total. The zero-order valence-electron chi connectivity index (χ0n) is 17.0. The van der Waals surface area contributed by atoms with Crippen molar-refractivity contribution >= 4 is 29.3 Å². The van der Waals surface area contributed by atoms with Crippen molar-refractivity contribution in [3.63, 3.8) is 0 Å². The average Bonchev–Trinajstić information content (AvgIpc) is 2.69. The molecule has 1 aliphatic rings. The van der Waals surface area contributed by atoms with Crippen LogP contribution in [0.3, 0.4) is 0 Å². The summed E-state index contributed by atoms with van der Waals surface area (Å²) in [6, 6.07) is 5.68. The first-order chi connectivity index (χ1) is 14.2. The zero-order chi connectivity index (χ0) is 22.4. The van der Waals surface area contributed by atoms with Crippen LogP contribution in [0.2, 0.25) is 0 Å². The number of nitro benzene ring substituents is 1. The van der Waals surface area contributed by atoms with Crippen molar-refractivity contribution in [1.82, 2.24) is 0 Å². The fourth-order valence-electron chi connectivity index (χ4n) is 3.32. The molecule has 2 atom stereocenters. The summed E-state index contributed by atoms with van der Waals surface area (Å²) in [6.07, 6.45) is 0. The van der Waals surface area contributed by atoms with Gasteiger partial charge in [-0.25, -0.2) is 4.79 Å². The van der Waals surface area contributed by atoms with Crippen LogP contribution in [0.25, 0.3) is 0 Å². The maximum atomic E-state index is 12.8. The van der Waals surface area contributed by atoms with E-state index in [1.54, 1.807) is 19.9 Å². The van der Waals surface area contributed by atoms with E-state index in [9.17, 15) is 24.5 Å². The predicted octanol–water partition coefficient (Wildman–Crippen LogP) is 2.32. The Kier molecular flexibility index (Phi) is 7.40. The molecule has 0 radical (unpaired) electrons. The first-order valence-corrected chi connectivity index (χ1v) is 9.06. The van der Waals surface area contributed by atoms with Gasteiger partial charge in [0.05, 0.1) is 17.6 Å². The van der Waals surface area contributed by atoms with Gasteiger partial charge in [0.2, 0.25) is 0 Å². The van der Waals surface area contributed by atoms with Crippen molar-refractivity contribution in [3.05, 3.63) is 51.2 Å². The van der Waals surface area contributed by atoms with Crippen molar-refractivity contribution in [3.8, 4) is 0 Å². The third kappa shape index (κ3) is 5.07. The van der Waals surface area contributed by atoms with E-state index >= 15 is 0 Å². The summed E-state index contributed by atoms with van der Waals surface area (Å²) in [7, 11) is 1.21. The van der Waals surface area contributed by atoms with Crippen LogP contribution in [0.1, 0.15) is 32.3 Å². The fraction of sp³-hybridized carbons (Fsp3) is 0.400. The van der Waals surface area contributed by atoms with Gasteiger partial charge in [0.25, 0.3) is 5.69 Å². The average molecular weight is 418 g/mol. The minimum Gasteiger partial charge on any atom is -0.468 e. The lowest BCUT2D eigenvalue weighted by molar-refractivity contribution is -0.384. The molecule has 160 valence electrons. The number of nitrogens with zero attached hydrogens (tertiary/aromatic N) is 2. The Labute approximate surface area is 172 Å². The minimum absolute atomic E-state index is 0.0827. The largest absolute Gasteiger partial charge is 0.468 e. The van der Waals surface area contributed by atoms with Crippen LogP contribution in [0.4, 0.5) is 5.69 Å². The molecule has 10 nitrogen and oxygen atoms in total. The van der Waals surface area contributed by atoms with E-state index in [4.69, 9.17) is 14.2 Å². The normalized spacial score (nSPS) is 18.3. The van der Waals surface area contributed by atoms with E-state index < -0.39 is 34.7 Å². The molecule has 1 aromatic carbocycles. The van der Waals surface area contributed by atoms with Gasteiger partial charge in [0.15, 0.2) is 0 Å². The summed E-state index contributed by atoms with van der Waals surface area (Å²) in [5.41, 5.74) is 1.00. The highest BCUT2D eigenvalue weighted by Crippen LogP contribution is 2.40. The van der Waals surface area contributed by atoms with Gasteiger partial charge >= 0.3 is 17.9 Å². The molecule has 1 aliphatic heterocycles. The Hall–Kier alpha value is -3.56. The van der Waals surface area contributed by atoms with Crippen molar-refractivity contribution < 1.29 is 33.5 Å². The summed E-state index contributed by atoms with van der Waals surface area (Å²) < 4.78 is 14.8. The molecule has 2 rings (SSSR count). The number of ether oxygens (including phenoxy) is 3. The van der Waals surface area contributed by atoms with Gasteiger partial charge in [-0.05, 0) is 19.4 Å². The fourth-order valence-corrected chi connectivity index (χ4v) is 3.32. The lowest BCUT2D eigenvalue weighted by Crippen LogP contribution is -2.36. The Bertz CT molecular complexity index is 934. The van der Waals surface area contributed by atoms with Gasteiger partial charge < -0.3 is 14.2 Å². The zero-order valence-corrected chi connectivity index (χ0v) is 17.0. The highest BCUT2D eigenvalue weighted by atomic mass is 16.6. The number of allylic oxidation sites excluding steroid dienone is 1. The van der Waals surface area contributed by atoms with Gasteiger partial charge in [-0.1, -0.05) is 12.1 Å². The molecule has 2 unspecified atom stereocenters. The van der Waals surface area contributed by atoms with Crippen molar-refractivity contribution in [2.75, 3.05) is 20.3 Å². The van der Waals surface area contributed by atoms with Crippen LogP contribution in [0, 0.1) is 16.0 Å². The Balaban J connectivity index is 2.49. The summed E-state index contributed by atoms with van der Waals surface area (Å²) in [6.45, 7) is 4.12. The van der Waals surface area contributed by atoms with Crippen molar-refractivity contribution in [2.24, 2.45) is 10.9 Å². The number of nitro groups is 1. The third-order valence-electron chi connectivity index (χ3n) is 4.57. The SMILES string of the molecule is COC(=O)C1C(C)=NC(C)=C(C(=O)OCCOC(C)=O)C1c1cccc([N+](=O)[O-])c1. The number of methoxy groups -OCH3 is 1. The number of carbonyl (C=O) groups excluding carboxylic acids is 3. The number of non-ortho nitro benzene ring substituents is 1. The predicted molar refractivity (Wildman–Crippen MR) is 105 cm³/mol. The van der Waals surface area contributed by atoms with Crippen LogP contribution in [0.5, 0.6) is 0 Å². The van der Waals surface area contributed by atoms with E-state index in [2.05, 4.69) is 4.99 Å². The number of hydrogen-bond donors (Lipinski definition) is 0. The molecule has 0 fully saturated rings. The molecular weight excluding hydrogens is 396 g/mol. The number of aliphatic imine (C=N–C) groups is 1. The molecule has 0 saturated heterocycles. The quantitative estimate of drug-likeness (QED) is 0.216. The van der Waals surface area contributed by atoms with Gasteiger partial charge in [0.1, 0.15) is 19.1 Å². The second-order valence-corrected chi connectivity index (χ2v) is 6.56. The molecule has 0 amide bonds. The summed E-state index contributed by atoms with van der Waals surface area (Å²) in [4.78, 5) is 51.2. The van der Waals surface area contributed by atoms with Crippen molar-refractivity contribution in [1.29, 1.82) is 0 Å². The summed E-state index contributed by atoms with van der Waals surface area (Å²) in [5, 5.41) is 11.2. The van der Waals surface area contributed by atoms with Crippen LogP contribution >= 0.6 is 0 Å². The van der Waals surface area contributed by atoms with Crippen molar-refractivity contribution in [2.45, 2.75) is 26.7 Å². The second-order valence-electron chi connectivity index (χ2n) is 6.56. The molecule has 0 bridgehead atoms. The highest BCUT2D eigenvalue weighted by Gasteiger charge is 2.42. The van der Waals surface area contributed by atoms with Gasteiger partial charge in [-0.15, -0.1) is 0 Å². The van der Waals surface area contributed by atoms with Gasteiger partial charge in [-0.3, -0.25) is 24.7 Å². The minimum atomic E-state index is -0.961. The van der Waals surface area contributed by atoms with E-state index in [0.29, 0.717) is 17.0 Å². The van der Waals surface area contributed by atoms with Crippen LogP contribution < -0.4 is 0 Å². The molecule has 0 spiro atoms. The van der Waals surface area contributed by atoms with E-state index in [1.165, 1.54) is 32.2 Å². The molecule has 30 heavy (non-hydrogen) atoms. The standard InChI is InChI=1S/C20H22N2O8/c1-11-16(19(24)28-4)18(14-6-5-7-15(10-14)22(26)27)17(12(2)21-11)20(25)30-9-8-29-13(3)23/h5-7,10,16,18H,8-9H2,1-4H3. The van der Waals surface area contributed by atoms with Crippen LogP contribution in [-0.4, -0.2) is 48.9 Å². The lowest BCUT2D eigenvalue weighted by atomic mass is 9.75. The second kappa shape index (κ2) is 9.77. The maximum Gasteiger partial charge on any atom is 0.336 e. The van der Waals surface area contributed by atoms with E-state index in [-0.39, 0.29) is 24.5 Å². The first kappa shape index (κ1) is 22.7. The monoisotopic (exact) mass is 418 g/mol. The number of rotatable bonds is 7. The topological polar surface area (TPSA) is 134 Å². The lowest BCUT2D eigenvalue weighted by Gasteiger charge is -2.31. The van der Waals surface area contributed by atoms with Gasteiger partial charge in [-0.2, -0.15) is 0 Å². The Morgan fingerprint density at radius 2 is 1.83 bits per heavy atom. The molecule has 10 heteroatoms.